The van der Waals surface area contributed by atoms with Gasteiger partial charge in [0.2, 0.25) is 5.95 Å². The summed E-state index contributed by atoms with van der Waals surface area (Å²) in [4.78, 5) is 17.1. The summed E-state index contributed by atoms with van der Waals surface area (Å²) < 4.78 is 1.50. The van der Waals surface area contributed by atoms with Gasteiger partial charge in [-0.2, -0.15) is 0 Å². The molecule has 5 nitrogen and oxygen atoms in total. The number of aromatic nitrogens is 2. The van der Waals surface area contributed by atoms with E-state index in [-0.39, 0.29) is 5.56 Å². The Hall–Kier alpha value is -3.41. The summed E-state index contributed by atoms with van der Waals surface area (Å²) in [5, 5.41) is 1.30. The number of benzene rings is 3. The first-order valence-electron chi connectivity index (χ1n) is 9.58. The molecule has 4 rings (SSSR count). The van der Waals surface area contributed by atoms with Gasteiger partial charge in [-0.3, -0.25) is 14.8 Å². The molecule has 0 saturated heterocycles. The fourth-order valence-corrected chi connectivity index (χ4v) is 3.32. The van der Waals surface area contributed by atoms with E-state index in [0.717, 1.165) is 16.7 Å². The Balaban J connectivity index is 1.58. The van der Waals surface area contributed by atoms with Crippen LogP contribution in [0.25, 0.3) is 22.6 Å². The van der Waals surface area contributed by atoms with Crippen LogP contribution >= 0.6 is 11.6 Å². The number of anilines is 1. The number of fused-ring (bicyclic) bond motifs is 1. The van der Waals surface area contributed by atoms with Gasteiger partial charge in [0.1, 0.15) is 0 Å². The molecular formula is C24H21ClN4O. The van der Waals surface area contributed by atoms with Crippen molar-refractivity contribution in [2.45, 2.75) is 0 Å². The lowest BCUT2D eigenvalue weighted by molar-refractivity contribution is 0.796. The van der Waals surface area contributed by atoms with Gasteiger partial charge in [0.25, 0.3) is 5.56 Å². The fraction of sp³-hybridized carbons (Fsp3) is 0.0833. The molecule has 0 bridgehead atoms. The normalized spacial score (nSPS) is 11.6. The third-order valence-electron chi connectivity index (χ3n) is 4.82. The number of hydrazine groups is 1. The Labute approximate surface area is 179 Å². The number of nitrogens with zero attached hydrogens (tertiary/aromatic N) is 2. The number of para-hydroxylation sites is 1. The van der Waals surface area contributed by atoms with Gasteiger partial charge in [-0.1, -0.05) is 66.2 Å². The second-order valence-electron chi connectivity index (χ2n) is 6.88. The molecule has 0 amide bonds. The van der Waals surface area contributed by atoms with Crippen molar-refractivity contribution in [3.8, 4) is 0 Å². The summed E-state index contributed by atoms with van der Waals surface area (Å²) in [6.07, 6.45) is 2.10. The Morgan fingerprint density at radius 1 is 1.00 bits per heavy atom. The monoisotopic (exact) mass is 416 g/mol. The van der Waals surface area contributed by atoms with Crippen LogP contribution in [0.4, 0.5) is 5.95 Å². The van der Waals surface area contributed by atoms with Gasteiger partial charge in [-0.25, -0.2) is 10.4 Å². The average molecular weight is 417 g/mol. The van der Waals surface area contributed by atoms with E-state index >= 15 is 0 Å². The van der Waals surface area contributed by atoms with E-state index in [2.05, 4.69) is 34.0 Å². The van der Waals surface area contributed by atoms with Crippen LogP contribution in [0.15, 0.2) is 83.7 Å². The minimum Gasteiger partial charge on any atom is -0.291 e. The summed E-state index contributed by atoms with van der Waals surface area (Å²) >= 11 is 6.01. The molecule has 0 unspecified atom stereocenters. The van der Waals surface area contributed by atoms with E-state index in [1.54, 1.807) is 13.1 Å². The molecule has 2 N–H and O–H groups in total. The molecule has 1 heterocycles. The molecule has 150 valence electrons. The van der Waals surface area contributed by atoms with E-state index in [4.69, 9.17) is 11.6 Å². The predicted octanol–water partition coefficient (Wildman–Crippen LogP) is 4.74. The zero-order valence-electron chi connectivity index (χ0n) is 16.5. The van der Waals surface area contributed by atoms with Crippen LogP contribution in [0.2, 0.25) is 5.02 Å². The molecule has 0 aliphatic heterocycles. The van der Waals surface area contributed by atoms with Crippen molar-refractivity contribution in [1.82, 2.24) is 15.0 Å². The van der Waals surface area contributed by atoms with Gasteiger partial charge in [0.05, 0.1) is 10.9 Å². The molecule has 0 saturated carbocycles. The van der Waals surface area contributed by atoms with Gasteiger partial charge < -0.3 is 0 Å². The minimum atomic E-state index is -0.0927. The minimum absolute atomic E-state index is 0.0927. The molecule has 3 aromatic carbocycles. The molecule has 0 fully saturated rings. The van der Waals surface area contributed by atoms with Crippen LogP contribution in [-0.2, 0) is 7.05 Å². The van der Waals surface area contributed by atoms with Crippen molar-refractivity contribution in [1.29, 1.82) is 0 Å². The van der Waals surface area contributed by atoms with Crippen LogP contribution < -0.4 is 16.4 Å². The first-order chi connectivity index (χ1) is 14.6. The van der Waals surface area contributed by atoms with E-state index in [1.165, 1.54) is 4.57 Å². The summed E-state index contributed by atoms with van der Waals surface area (Å²) in [7, 11) is 1.70. The maximum atomic E-state index is 12.6. The number of rotatable bonds is 6. The second-order valence-corrected chi connectivity index (χ2v) is 7.32. The van der Waals surface area contributed by atoms with Gasteiger partial charge in [0, 0.05) is 18.6 Å². The van der Waals surface area contributed by atoms with Crippen molar-refractivity contribution < 1.29 is 0 Å². The smallest absolute Gasteiger partial charge is 0.262 e. The maximum absolute atomic E-state index is 12.6. The van der Waals surface area contributed by atoms with Crippen molar-refractivity contribution >= 4 is 40.1 Å². The third kappa shape index (κ3) is 4.43. The lowest BCUT2D eigenvalue weighted by Crippen LogP contribution is -2.30. The molecule has 0 spiro atoms. The SMILES string of the molecule is Cn1c(NNC/C(=C/c2ccc(Cl)cc2)c2ccccc2)nc2ccccc2c1=O. The highest BCUT2D eigenvalue weighted by atomic mass is 35.5. The van der Waals surface area contributed by atoms with Crippen molar-refractivity contribution in [2.24, 2.45) is 7.05 Å². The van der Waals surface area contributed by atoms with Gasteiger partial charge >= 0.3 is 0 Å². The molecule has 30 heavy (non-hydrogen) atoms. The van der Waals surface area contributed by atoms with Gasteiger partial charge in [-0.05, 0) is 47.0 Å². The Morgan fingerprint density at radius 2 is 1.70 bits per heavy atom. The highest BCUT2D eigenvalue weighted by molar-refractivity contribution is 6.30. The van der Waals surface area contributed by atoms with Crippen LogP contribution in [0.5, 0.6) is 0 Å². The average Bonchev–Trinajstić information content (AvgIpc) is 2.78. The van der Waals surface area contributed by atoms with Crippen LogP contribution in [-0.4, -0.2) is 16.1 Å². The molecule has 0 aliphatic rings. The zero-order valence-corrected chi connectivity index (χ0v) is 17.2. The standard InChI is InChI=1S/C24H21ClN4O/c1-29-23(30)21-9-5-6-10-22(21)27-24(29)28-26-16-19(18-7-3-2-4-8-18)15-17-11-13-20(25)14-12-17/h2-15,26H,16H2,1H3,(H,27,28)/b19-15-. The van der Waals surface area contributed by atoms with E-state index in [9.17, 15) is 4.79 Å². The summed E-state index contributed by atoms with van der Waals surface area (Å²) in [5.41, 5.74) is 10.1. The predicted molar refractivity (Wildman–Crippen MR) is 124 cm³/mol. The van der Waals surface area contributed by atoms with E-state index < -0.39 is 0 Å². The summed E-state index contributed by atoms with van der Waals surface area (Å²) in [6, 6.07) is 25.2. The van der Waals surface area contributed by atoms with Crippen LogP contribution in [0, 0.1) is 0 Å². The first-order valence-corrected chi connectivity index (χ1v) is 9.96. The zero-order chi connectivity index (χ0) is 20.9. The molecular weight excluding hydrogens is 396 g/mol. The van der Waals surface area contributed by atoms with Crippen molar-refractivity contribution in [2.75, 3.05) is 12.0 Å². The Kier molecular flexibility index (Phi) is 5.93. The lowest BCUT2D eigenvalue weighted by atomic mass is 10.0. The number of hydrogen-bond acceptors (Lipinski definition) is 4. The molecule has 0 aliphatic carbocycles. The number of hydrogen-bond donors (Lipinski definition) is 2. The molecule has 1 aromatic heterocycles. The quantitative estimate of drug-likeness (QED) is 0.352. The van der Waals surface area contributed by atoms with Gasteiger partial charge in [0.15, 0.2) is 0 Å². The van der Waals surface area contributed by atoms with E-state index in [1.807, 2.05) is 60.7 Å². The van der Waals surface area contributed by atoms with Crippen LogP contribution in [0.1, 0.15) is 11.1 Å². The topological polar surface area (TPSA) is 59.0 Å². The van der Waals surface area contributed by atoms with Gasteiger partial charge in [-0.15, -0.1) is 0 Å². The lowest BCUT2D eigenvalue weighted by Gasteiger charge is -2.14. The molecule has 0 atom stereocenters. The fourth-order valence-electron chi connectivity index (χ4n) is 3.20. The Morgan fingerprint density at radius 3 is 2.47 bits per heavy atom. The molecule has 0 radical (unpaired) electrons. The second kappa shape index (κ2) is 8.95. The highest BCUT2D eigenvalue weighted by Gasteiger charge is 2.08. The Bertz CT molecular complexity index is 1250. The largest absolute Gasteiger partial charge is 0.291 e. The summed E-state index contributed by atoms with van der Waals surface area (Å²) in [5.74, 6) is 0.456. The number of nitrogens with one attached hydrogen (secondary N) is 2. The third-order valence-corrected chi connectivity index (χ3v) is 5.07. The van der Waals surface area contributed by atoms with Crippen molar-refractivity contribution in [3.63, 3.8) is 0 Å². The van der Waals surface area contributed by atoms with Crippen molar-refractivity contribution in [3.05, 3.63) is 105 Å². The molecule has 4 aromatic rings. The summed E-state index contributed by atoms with van der Waals surface area (Å²) in [6.45, 7) is 0.523. The van der Waals surface area contributed by atoms with E-state index in [0.29, 0.717) is 28.4 Å². The first kappa shape index (κ1) is 19.9. The van der Waals surface area contributed by atoms with Crippen LogP contribution in [0.3, 0.4) is 0 Å². The molecule has 6 heteroatoms. The maximum Gasteiger partial charge on any atom is 0.262 e. The number of halogens is 1. The highest BCUT2D eigenvalue weighted by Crippen LogP contribution is 2.19.